The van der Waals surface area contributed by atoms with Gasteiger partial charge in [-0.15, -0.1) is 0 Å². The lowest BCUT2D eigenvalue weighted by Crippen LogP contribution is -2.12. The van der Waals surface area contributed by atoms with Crippen LogP contribution in [0.1, 0.15) is 18.4 Å². The fraction of sp³-hybridized carbons (Fsp3) is 0.308. The summed E-state index contributed by atoms with van der Waals surface area (Å²) >= 11 is 5.66. The van der Waals surface area contributed by atoms with Crippen LogP contribution < -0.4 is 0 Å². The lowest BCUT2D eigenvalue weighted by Gasteiger charge is -2.12. The zero-order valence-electron chi connectivity index (χ0n) is 9.21. The van der Waals surface area contributed by atoms with Crippen LogP contribution in [0.2, 0.25) is 5.02 Å². The molecule has 0 saturated heterocycles. The number of ether oxygens (including phenoxy) is 1. The van der Waals surface area contributed by atoms with Gasteiger partial charge in [-0.1, -0.05) is 23.7 Å². The lowest BCUT2D eigenvalue weighted by molar-refractivity contribution is -0.115. The van der Waals surface area contributed by atoms with Crippen molar-refractivity contribution in [3.63, 3.8) is 0 Å². The van der Waals surface area contributed by atoms with E-state index >= 15 is 0 Å². The van der Waals surface area contributed by atoms with Gasteiger partial charge >= 0.3 is 0 Å². The number of carbonyl (C=O) groups excluding carboxylic acids is 1. The number of allylic oxidation sites excluding steroid dienone is 1. The Kier molecular flexibility index (Phi) is 3.79. The molecule has 0 fully saturated rings. The highest BCUT2D eigenvalue weighted by molar-refractivity contribution is 6.30. The molecule has 0 radical (unpaired) electrons. The Bertz CT molecular complexity index is 468. The van der Waals surface area contributed by atoms with Crippen LogP contribution in [0.3, 0.4) is 0 Å². The van der Waals surface area contributed by atoms with Crippen LogP contribution in [0.15, 0.2) is 30.0 Å². The number of rotatable bonds is 3. The molecule has 0 bridgehead atoms. The first-order chi connectivity index (χ1) is 8.18. The number of halogens is 2. The summed E-state index contributed by atoms with van der Waals surface area (Å²) in [4.78, 5) is 11.9. The fourth-order valence-corrected chi connectivity index (χ4v) is 1.94. The van der Waals surface area contributed by atoms with Gasteiger partial charge in [0.25, 0.3) is 0 Å². The molecular formula is C13H12ClFO2. The third kappa shape index (κ3) is 2.86. The Morgan fingerprint density at radius 3 is 3.00 bits per heavy atom. The van der Waals surface area contributed by atoms with E-state index in [9.17, 15) is 9.18 Å². The SMILES string of the molecule is O=C(Cc1cccc(Cl)c1F)C1=COCCC1. The maximum Gasteiger partial charge on any atom is 0.166 e. The average Bonchev–Trinajstić information content (AvgIpc) is 2.36. The number of ketones is 1. The summed E-state index contributed by atoms with van der Waals surface area (Å²) in [5.74, 6) is -0.620. The van der Waals surface area contributed by atoms with E-state index in [1.54, 1.807) is 12.1 Å². The van der Waals surface area contributed by atoms with E-state index in [1.165, 1.54) is 12.3 Å². The van der Waals surface area contributed by atoms with Gasteiger partial charge in [-0.25, -0.2) is 4.39 Å². The minimum atomic E-state index is -0.514. The predicted octanol–water partition coefficient (Wildman–Crippen LogP) is 3.29. The molecule has 90 valence electrons. The van der Waals surface area contributed by atoms with Gasteiger partial charge in [0.2, 0.25) is 0 Å². The number of carbonyl (C=O) groups is 1. The van der Waals surface area contributed by atoms with Crippen molar-refractivity contribution in [2.75, 3.05) is 6.61 Å². The average molecular weight is 255 g/mol. The first kappa shape index (κ1) is 12.1. The third-order valence-corrected chi connectivity index (χ3v) is 2.97. The molecule has 2 rings (SSSR count). The van der Waals surface area contributed by atoms with Crippen LogP contribution >= 0.6 is 11.6 Å². The number of benzene rings is 1. The second kappa shape index (κ2) is 5.32. The van der Waals surface area contributed by atoms with Gasteiger partial charge in [0.15, 0.2) is 5.78 Å². The van der Waals surface area contributed by atoms with Crippen molar-refractivity contribution in [1.82, 2.24) is 0 Å². The summed E-state index contributed by atoms with van der Waals surface area (Å²) in [5, 5.41) is 0.0455. The topological polar surface area (TPSA) is 26.3 Å². The molecule has 0 spiro atoms. The molecule has 0 atom stereocenters. The Labute approximate surface area is 104 Å². The highest BCUT2D eigenvalue weighted by Crippen LogP contribution is 2.21. The summed E-state index contributed by atoms with van der Waals surface area (Å²) in [6.45, 7) is 0.641. The molecular weight excluding hydrogens is 243 g/mol. The quantitative estimate of drug-likeness (QED) is 0.827. The van der Waals surface area contributed by atoms with Crippen LogP contribution in [0.5, 0.6) is 0 Å². The largest absolute Gasteiger partial charge is 0.501 e. The summed E-state index contributed by atoms with van der Waals surface area (Å²) in [6, 6.07) is 4.68. The van der Waals surface area contributed by atoms with Crippen molar-refractivity contribution in [3.05, 3.63) is 46.4 Å². The normalized spacial score (nSPS) is 15.1. The van der Waals surface area contributed by atoms with E-state index in [0.29, 0.717) is 24.2 Å². The molecule has 0 N–H and O–H groups in total. The van der Waals surface area contributed by atoms with Gasteiger partial charge in [-0.3, -0.25) is 4.79 Å². The van der Waals surface area contributed by atoms with Gasteiger partial charge < -0.3 is 4.74 Å². The van der Waals surface area contributed by atoms with Crippen molar-refractivity contribution >= 4 is 17.4 Å². The van der Waals surface area contributed by atoms with Gasteiger partial charge in [0, 0.05) is 12.0 Å². The maximum atomic E-state index is 13.6. The zero-order chi connectivity index (χ0) is 12.3. The predicted molar refractivity (Wildman–Crippen MR) is 63.4 cm³/mol. The molecule has 1 aliphatic heterocycles. The standard InChI is InChI=1S/C13H12ClFO2/c14-11-5-1-3-9(13(11)15)7-12(16)10-4-2-6-17-8-10/h1,3,5,8H,2,4,6-7H2. The van der Waals surface area contributed by atoms with E-state index in [4.69, 9.17) is 16.3 Å². The van der Waals surface area contributed by atoms with Gasteiger partial charge in [-0.05, 0) is 24.5 Å². The Morgan fingerprint density at radius 2 is 2.29 bits per heavy atom. The molecule has 2 nitrogen and oxygen atoms in total. The Morgan fingerprint density at radius 1 is 1.47 bits per heavy atom. The second-order valence-corrected chi connectivity index (χ2v) is 4.34. The first-order valence-corrected chi connectivity index (χ1v) is 5.83. The molecule has 0 saturated carbocycles. The Hall–Kier alpha value is -1.35. The van der Waals surface area contributed by atoms with E-state index in [-0.39, 0.29) is 17.2 Å². The summed E-state index contributed by atoms with van der Waals surface area (Å²) in [5.41, 5.74) is 0.949. The smallest absolute Gasteiger partial charge is 0.166 e. The molecule has 1 aromatic carbocycles. The van der Waals surface area contributed by atoms with Crippen LogP contribution in [0.25, 0.3) is 0 Å². The van der Waals surface area contributed by atoms with E-state index in [0.717, 1.165) is 6.42 Å². The zero-order valence-corrected chi connectivity index (χ0v) is 9.97. The fourth-order valence-electron chi connectivity index (χ4n) is 1.74. The molecule has 0 aromatic heterocycles. The maximum absolute atomic E-state index is 13.6. The van der Waals surface area contributed by atoms with Gasteiger partial charge in [-0.2, -0.15) is 0 Å². The highest BCUT2D eigenvalue weighted by atomic mass is 35.5. The van der Waals surface area contributed by atoms with Crippen molar-refractivity contribution in [2.24, 2.45) is 0 Å². The Balaban J connectivity index is 2.13. The molecule has 1 heterocycles. The van der Waals surface area contributed by atoms with E-state index in [1.807, 2.05) is 0 Å². The van der Waals surface area contributed by atoms with Crippen molar-refractivity contribution in [2.45, 2.75) is 19.3 Å². The monoisotopic (exact) mass is 254 g/mol. The summed E-state index contributed by atoms with van der Waals surface area (Å²) in [7, 11) is 0. The highest BCUT2D eigenvalue weighted by Gasteiger charge is 2.16. The summed E-state index contributed by atoms with van der Waals surface area (Å²) < 4.78 is 18.7. The van der Waals surface area contributed by atoms with Crippen LogP contribution in [0, 0.1) is 5.82 Å². The first-order valence-electron chi connectivity index (χ1n) is 5.45. The molecule has 0 unspecified atom stereocenters. The van der Waals surface area contributed by atoms with Crippen LogP contribution in [0.4, 0.5) is 4.39 Å². The number of hydrogen-bond donors (Lipinski definition) is 0. The van der Waals surface area contributed by atoms with Gasteiger partial charge in [0.05, 0.1) is 17.9 Å². The molecule has 1 aromatic rings. The van der Waals surface area contributed by atoms with Gasteiger partial charge in [0.1, 0.15) is 5.82 Å². The van der Waals surface area contributed by atoms with Crippen molar-refractivity contribution in [1.29, 1.82) is 0 Å². The van der Waals surface area contributed by atoms with Crippen molar-refractivity contribution in [3.8, 4) is 0 Å². The number of hydrogen-bond acceptors (Lipinski definition) is 2. The third-order valence-electron chi connectivity index (χ3n) is 2.67. The lowest BCUT2D eigenvalue weighted by atomic mass is 9.99. The molecule has 0 aliphatic carbocycles. The molecule has 4 heteroatoms. The molecule has 0 amide bonds. The van der Waals surface area contributed by atoms with Crippen LogP contribution in [-0.2, 0) is 16.0 Å². The van der Waals surface area contributed by atoms with Crippen molar-refractivity contribution < 1.29 is 13.9 Å². The minimum absolute atomic E-state index is 0.0294. The summed E-state index contributed by atoms with van der Waals surface area (Å²) in [6.07, 6.45) is 3.03. The molecule has 17 heavy (non-hydrogen) atoms. The minimum Gasteiger partial charge on any atom is -0.501 e. The van der Waals surface area contributed by atoms with E-state index < -0.39 is 5.82 Å². The van der Waals surface area contributed by atoms with E-state index in [2.05, 4.69) is 0 Å². The molecule has 1 aliphatic rings. The second-order valence-electron chi connectivity index (χ2n) is 3.93. The number of Topliss-reactive ketones (excluding diaryl/α,β-unsaturated/α-hetero) is 1. The van der Waals surface area contributed by atoms with Crippen LogP contribution in [-0.4, -0.2) is 12.4 Å².